The molecule has 108 valence electrons. The number of nitriles is 1. The van der Waals surface area contributed by atoms with E-state index in [2.05, 4.69) is 11.4 Å². The zero-order valence-electron chi connectivity index (χ0n) is 11.8. The van der Waals surface area contributed by atoms with Crippen molar-refractivity contribution in [3.63, 3.8) is 0 Å². The third kappa shape index (κ3) is 3.59. The molecule has 0 bridgehead atoms. The SMILES string of the molecule is COc1cc(OC)c(NCc2cccc(C#N)c2)cc1Cl. The van der Waals surface area contributed by atoms with Crippen LogP contribution in [0.1, 0.15) is 11.1 Å². The number of benzene rings is 2. The first kappa shape index (κ1) is 15.0. The summed E-state index contributed by atoms with van der Waals surface area (Å²) < 4.78 is 10.5. The molecular weight excluding hydrogens is 288 g/mol. The van der Waals surface area contributed by atoms with E-state index in [4.69, 9.17) is 26.3 Å². The molecular formula is C16H15ClN2O2. The van der Waals surface area contributed by atoms with E-state index >= 15 is 0 Å². The number of methoxy groups -OCH3 is 2. The molecule has 1 N–H and O–H groups in total. The van der Waals surface area contributed by atoms with Crippen molar-refractivity contribution in [2.75, 3.05) is 19.5 Å². The summed E-state index contributed by atoms with van der Waals surface area (Å²) in [7, 11) is 3.14. The first-order chi connectivity index (χ1) is 10.2. The van der Waals surface area contributed by atoms with Crippen molar-refractivity contribution in [1.29, 1.82) is 5.26 Å². The van der Waals surface area contributed by atoms with Gasteiger partial charge in [0, 0.05) is 12.6 Å². The lowest BCUT2D eigenvalue weighted by Crippen LogP contribution is -2.02. The molecule has 2 aromatic rings. The van der Waals surface area contributed by atoms with E-state index < -0.39 is 0 Å². The smallest absolute Gasteiger partial charge is 0.145 e. The van der Waals surface area contributed by atoms with Gasteiger partial charge in [0.2, 0.25) is 0 Å². The third-order valence-electron chi connectivity index (χ3n) is 3.01. The molecule has 0 aliphatic heterocycles. The van der Waals surface area contributed by atoms with Crippen LogP contribution in [0, 0.1) is 11.3 Å². The molecule has 0 aromatic heterocycles. The third-order valence-corrected chi connectivity index (χ3v) is 3.31. The second-order valence-electron chi connectivity index (χ2n) is 4.35. The number of ether oxygens (including phenoxy) is 2. The Kier molecular flexibility index (Phi) is 4.91. The number of rotatable bonds is 5. The van der Waals surface area contributed by atoms with Gasteiger partial charge < -0.3 is 14.8 Å². The van der Waals surface area contributed by atoms with Crippen LogP contribution in [0.15, 0.2) is 36.4 Å². The number of anilines is 1. The maximum absolute atomic E-state index is 8.90. The fourth-order valence-electron chi connectivity index (χ4n) is 1.95. The van der Waals surface area contributed by atoms with Crippen molar-refractivity contribution in [2.45, 2.75) is 6.54 Å². The summed E-state index contributed by atoms with van der Waals surface area (Å²) in [4.78, 5) is 0. The van der Waals surface area contributed by atoms with Gasteiger partial charge in [-0.2, -0.15) is 5.26 Å². The minimum absolute atomic E-state index is 0.506. The Morgan fingerprint density at radius 2 is 1.90 bits per heavy atom. The zero-order valence-corrected chi connectivity index (χ0v) is 12.6. The number of nitrogens with one attached hydrogen (secondary N) is 1. The van der Waals surface area contributed by atoms with Crippen LogP contribution in [0.25, 0.3) is 0 Å². The molecule has 2 aromatic carbocycles. The predicted octanol–water partition coefficient (Wildman–Crippen LogP) is 3.84. The van der Waals surface area contributed by atoms with Gasteiger partial charge in [-0.1, -0.05) is 23.7 Å². The largest absolute Gasteiger partial charge is 0.495 e. The molecule has 2 rings (SSSR count). The molecule has 0 radical (unpaired) electrons. The topological polar surface area (TPSA) is 54.3 Å². The van der Waals surface area contributed by atoms with Crippen LogP contribution < -0.4 is 14.8 Å². The Balaban J connectivity index is 2.19. The Bertz CT molecular complexity index is 680. The van der Waals surface area contributed by atoms with Crippen molar-refractivity contribution >= 4 is 17.3 Å². The molecule has 0 saturated carbocycles. The zero-order chi connectivity index (χ0) is 15.2. The van der Waals surface area contributed by atoms with Crippen molar-refractivity contribution in [3.8, 4) is 17.6 Å². The van der Waals surface area contributed by atoms with Gasteiger partial charge in [0.1, 0.15) is 11.5 Å². The molecule has 21 heavy (non-hydrogen) atoms. The minimum Gasteiger partial charge on any atom is -0.495 e. The summed E-state index contributed by atoms with van der Waals surface area (Å²) in [5.41, 5.74) is 2.41. The van der Waals surface area contributed by atoms with Crippen LogP contribution in [-0.4, -0.2) is 14.2 Å². The Labute approximate surface area is 128 Å². The molecule has 0 amide bonds. The lowest BCUT2D eigenvalue weighted by molar-refractivity contribution is 0.395. The highest BCUT2D eigenvalue weighted by Gasteiger charge is 2.09. The average molecular weight is 303 g/mol. The highest BCUT2D eigenvalue weighted by Crippen LogP contribution is 2.36. The molecule has 0 saturated heterocycles. The molecule has 0 fully saturated rings. The van der Waals surface area contributed by atoms with Crippen molar-refractivity contribution in [1.82, 2.24) is 0 Å². The fourth-order valence-corrected chi connectivity index (χ4v) is 2.19. The van der Waals surface area contributed by atoms with Gasteiger partial charge in [0.25, 0.3) is 0 Å². The monoisotopic (exact) mass is 302 g/mol. The van der Waals surface area contributed by atoms with E-state index in [0.29, 0.717) is 28.6 Å². The summed E-state index contributed by atoms with van der Waals surface area (Å²) >= 11 is 6.12. The first-order valence-corrected chi connectivity index (χ1v) is 6.70. The minimum atomic E-state index is 0.506. The standard InChI is InChI=1S/C16H15ClN2O2/c1-20-15-8-16(21-2)14(7-13(15)17)19-10-12-5-3-4-11(6-12)9-18/h3-8,19H,10H2,1-2H3. The quantitative estimate of drug-likeness (QED) is 0.911. The van der Waals surface area contributed by atoms with Gasteiger partial charge in [0.05, 0.1) is 36.6 Å². The number of halogens is 1. The molecule has 0 heterocycles. The molecule has 0 atom stereocenters. The van der Waals surface area contributed by atoms with Crippen LogP contribution in [0.2, 0.25) is 5.02 Å². The van der Waals surface area contributed by atoms with E-state index in [-0.39, 0.29) is 0 Å². The Hall–Kier alpha value is -2.38. The highest BCUT2D eigenvalue weighted by molar-refractivity contribution is 6.32. The Morgan fingerprint density at radius 1 is 1.14 bits per heavy atom. The maximum atomic E-state index is 8.90. The second kappa shape index (κ2) is 6.87. The number of nitrogens with zero attached hydrogens (tertiary/aromatic N) is 1. The van der Waals surface area contributed by atoms with Crippen molar-refractivity contribution in [2.24, 2.45) is 0 Å². The van der Waals surface area contributed by atoms with Gasteiger partial charge >= 0.3 is 0 Å². The average Bonchev–Trinajstić information content (AvgIpc) is 2.53. The van der Waals surface area contributed by atoms with Gasteiger partial charge in [-0.05, 0) is 23.8 Å². The normalized spacial score (nSPS) is 9.81. The van der Waals surface area contributed by atoms with Crippen molar-refractivity contribution < 1.29 is 9.47 Å². The maximum Gasteiger partial charge on any atom is 0.145 e. The summed E-state index contributed by atoms with van der Waals surface area (Å²) in [6.07, 6.45) is 0. The fraction of sp³-hybridized carbons (Fsp3) is 0.188. The van der Waals surface area contributed by atoms with Crippen LogP contribution >= 0.6 is 11.6 Å². The van der Waals surface area contributed by atoms with Crippen LogP contribution in [0.4, 0.5) is 5.69 Å². The van der Waals surface area contributed by atoms with Crippen LogP contribution in [0.5, 0.6) is 11.5 Å². The highest BCUT2D eigenvalue weighted by atomic mass is 35.5. The van der Waals surface area contributed by atoms with E-state index in [9.17, 15) is 0 Å². The predicted molar refractivity (Wildman–Crippen MR) is 83.0 cm³/mol. The van der Waals surface area contributed by atoms with E-state index in [1.807, 2.05) is 18.2 Å². The number of hydrogen-bond donors (Lipinski definition) is 1. The van der Waals surface area contributed by atoms with E-state index in [1.165, 1.54) is 0 Å². The molecule has 0 aliphatic rings. The van der Waals surface area contributed by atoms with Crippen LogP contribution in [-0.2, 0) is 6.54 Å². The van der Waals surface area contributed by atoms with Crippen LogP contribution in [0.3, 0.4) is 0 Å². The molecule has 0 aliphatic carbocycles. The molecule has 5 heteroatoms. The van der Waals surface area contributed by atoms with Gasteiger partial charge in [-0.25, -0.2) is 0 Å². The molecule has 0 unspecified atom stereocenters. The molecule has 0 spiro atoms. The Morgan fingerprint density at radius 3 is 2.57 bits per heavy atom. The van der Waals surface area contributed by atoms with Crippen molar-refractivity contribution in [3.05, 3.63) is 52.5 Å². The van der Waals surface area contributed by atoms with Gasteiger partial charge in [-0.15, -0.1) is 0 Å². The lowest BCUT2D eigenvalue weighted by Gasteiger charge is -2.14. The summed E-state index contributed by atoms with van der Waals surface area (Å²) in [6, 6.07) is 13.0. The van der Waals surface area contributed by atoms with E-state index in [1.54, 1.807) is 32.4 Å². The second-order valence-corrected chi connectivity index (χ2v) is 4.76. The van der Waals surface area contributed by atoms with Gasteiger partial charge in [0.15, 0.2) is 0 Å². The van der Waals surface area contributed by atoms with Gasteiger partial charge in [-0.3, -0.25) is 0 Å². The summed E-state index contributed by atoms with van der Waals surface area (Å²) in [5, 5.41) is 12.7. The molecule has 4 nitrogen and oxygen atoms in total. The number of hydrogen-bond acceptors (Lipinski definition) is 4. The summed E-state index contributed by atoms with van der Waals surface area (Å²) in [5.74, 6) is 1.21. The summed E-state index contributed by atoms with van der Waals surface area (Å²) in [6.45, 7) is 0.564. The van der Waals surface area contributed by atoms with E-state index in [0.717, 1.165) is 11.3 Å². The lowest BCUT2D eigenvalue weighted by atomic mass is 10.1. The first-order valence-electron chi connectivity index (χ1n) is 6.32.